The first-order chi connectivity index (χ1) is 10.4. The first kappa shape index (κ1) is 16.5. The lowest BCUT2D eigenvalue weighted by Crippen LogP contribution is -2.36. The van der Waals surface area contributed by atoms with Crippen LogP contribution in [0.2, 0.25) is 0 Å². The Labute approximate surface area is 136 Å². The average molecular weight is 369 g/mol. The van der Waals surface area contributed by atoms with Crippen LogP contribution in [0.5, 0.6) is 0 Å². The second kappa shape index (κ2) is 6.91. The summed E-state index contributed by atoms with van der Waals surface area (Å²) in [6, 6.07) is 6.54. The van der Waals surface area contributed by atoms with Crippen molar-refractivity contribution in [2.75, 3.05) is 13.6 Å². The molecule has 1 aliphatic rings. The predicted molar refractivity (Wildman–Crippen MR) is 83.0 cm³/mol. The molecule has 1 aliphatic heterocycles. The Morgan fingerprint density at radius 3 is 2.77 bits per heavy atom. The van der Waals surface area contributed by atoms with Crippen LogP contribution in [0.15, 0.2) is 28.7 Å². The van der Waals surface area contributed by atoms with Crippen molar-refractivity contribution < 1.29 is 19.5 Å². The summed E-state index contributed by atoms with van der Waals surface area (Å²) in [4.78, 5) is 36.4. The molecule has 0 saturated carbocycles. The molecule has 0 aliphatic carbocycles. The Hall–Kier alpha value is -1.89. The first-order valence-corrected chi connectivity index (χ1v) is 7.67. The van der Waals surface area contributed by atoms with Crippen molar-refractivity contribution in [2.24, 2.45) is 5.92 Å². The summed E-state index contributed by atoms with van der Waals surface area (Å²) in [5.41, 5.74) is 0.711. The van der Waals surface area contributed by atoms with Gasteiger partial charge in [0.05, 0.1) is 18.4 Å². The Bertz CT molecular complexity index is 605. The highest BCUT2D eigenvalue weighted by Crippen LogP contribution is 2.23. The van der Waals surface area contributed by atoms with E-state index in [1.807, 2.05) is 6.07 Å². The zero-order valence-corrected chi connectivity index (χ0v) is 13.7. The van der Waals surface area contributed by atoms with Gasteiger partial charge in [0.2, 0.25) is 11.8 Å². The highest BCUT2D eigenvalue weighted by atomic mass is 79.9. The minimum Gasteiger partial charge on any atom is -0.481 e. The molecule has 2 atom stereocenters. The van der Waals surface area contributed by atoms with Gasteiger partial charge in [-0.3, -0.25) is 14.4 Å². The SMILES string of the molecule is CN1CC(C(=O)NC(CC(=O)O)c2cccc(Br)c2)CC1=O. The highest BCUT2D eigenvalue weighted by Gasteiger charge is 2.33. The zero-order chi connectivity index (χ0) is 16.3. The standard InChI is InChI=1S/C15H17BrN2O4/c1-18-8-10(6-13(18)19)15(22)17-12(7-14(20)21)9-3-2-4-11(16)5-9/h2-5,10,12H,6-8H2,1H3,(H,17,22)(H,20,21). The monoisotopic (exact) mass is 368 g/mol. The van der Waals surface area contributed by atoms with E-state index in [0.717, 1.165) is 4.47 Å². The second-order valence-corrected chi connectivity index (χ2v) is 6.31. The van der Waals surface area contributed by atoms with E-state index >= 15 is 0 Å². The fourth-order valence-corrected chi connectivity index (χ4v) is 2.90. The number of carboxylic acids is 1. The number of rotatable bonds is 5. The highest BCUT2D eigenvalue weighted by molar-refractivity contribution is 9.10. The summed E-state index contributed by atoms with van der Waals surface area (Å²) in [6.45, 7) is 0.364. The van der Waals surface area contributed by atoms with Gasteiger partial charge in [-0.1, -0.05) is 28.1 Å². The molecule has 22 heavy (non-hydrogen) atoms. The number of halogens is 1. The van der Waals surface area contributed by atoms with Crippen molar-refractivity contribution in [3.63, 3.8) is 0 Å². The van der Waals surface area contributed by atoms with Crippen LogP contribution in [0.4, 0.5) is 0 Å². The van der Waals surface area contributed by atoms with E-state index in [-0.39, 0.29) is 24.7 Å². The summed E-state index contributed by atoms with van der Waals surface area (Å²) in [5.74, 6) is -1.79. The third kappa shape index (κ3) is 4.07. The summed E-state index contributed by atoms with van der Waals surface area (Å²) in [5, 5.41) is 11.8. The third-order valence-corrected chi connectivity index (χ3v) is 4.15. The quantitative estimate of drug-likeness (QED) is 0.825. The molecule has 118 valence electrons. The minimum absolute atomic E-state index is 0.0719. The number of aliphatic carboxylic acids is 1. The van der Waals surface area contributed by atoms with Crippen molar-refractivity contribution >= 4 is 33.7 Å². The maximum absolute atomic E-state index is 12.3. The predicted octanol–water partition coefficient (Wildman–Crippen LogP) is 1.56. The van der Waals surface area contributed by atoms with Gasteiger partial charge in [0, 0.05) is 24.5 Å². The molecule has 7 heteroatoms. The molecule has 2 unspecified atom stereocenters. The minimum atomic E-state index is -0.995. The number of benzene rings is 1. The molecule has 2 rings (SSSR count). The molecule has 0 spiro atoms. The van der Waals surface area contributed by atoms with E-state index in [0.29, 0.717) is 12.1 Å². The van der Waals surface area contributed by atoms with Crippen LogP contribution in [0.1, 0.15) is 24.4 Å². The molecule has 2 amide bonds. The van der Waals surface area contributed by atoms with Gasteiger partial charge in [-0.2, -0.15) is 0 Å². The van der Waals surface area contributed by atoms with E-state index in [1.165, 1.54) is 4.90 Å². The van der Waals surface area contributed by atoms with Gasteiger partial charge in [0.25, 0.3) is 0 Å². The second-order valence-electron chi connectivity index (χ2n) is 5.39. The number of likely N-dealkylation sites (tertiary alicyclic amines) is 1. The molecular weight excluding hydrogens is 352 g/mol. The number of amides is 2. The summed E-state index contributed by atoms with van der Waals surface area (Å²) >= 11 is 3.33. The lowest BCUT2D eigenvalue weighted by Gasteiger charge is -2.20. The van der Waals surface area contributed by atoms with Crippen LogP contribution >= 0.6 is 15.9 Å². The molecule has 1 aromatic carbocycles. The van der Waals surface area contributed by atoms with Crippen LogP contribution < -0.4 is 5.32 Å². The summed E-state index contributed by atoms with van der Waals surface area (Å²) in [7, 11) is 1.65. The fourth-order valence-electron chi connectivity index (χ4n) is 2.48. The van der Waals surface area contributed by atoms with Crippen LogP contribution in [0.3, 0.4) is 0 Å². The molecular formula is C15H17BrN2O4. The maximum atomic E-state index is 12.3. The Balaban J connectivity index is 2.11. The molecule has 1 saturated heterocycles. The zero-order valence-electron chi connectivity index (χ0n) is 12.1. The number of hydrogen-bond acceptors (Lipinski definition) is 3. The summed E-state index contributed by atoms with van der Waals surface area (Å²) < 4.78 is 0.811. The number of hydrogen-bond donors (Lipinski definition) is 2. The smallest absolute Gasteiger partial charge is 0.305 e. The van der Waals surface area contributed by atoms with E-state index in [2.05, 4.69) is 21.2 Å². The molecule has 6 nitrogen and oxygen atoms in total. The maximum Gasteiger partial charge on any atom is 0.305 e. The number of carbonyl (C=O) groups excluding carboxylic acids is 2. The fraction of sp³-hybridized carbons (Fsp3) is 0.400. The summed E-state index contributed by atoms with van der Waals surface area (Å²) in [6.07, 6.45) is -0.0424. The molecule has 1 aromatic rings. The lowest BCUT2D eigenvalue weighted by molar-refractivity contribution is -0.138. The van der Waals surface area contributed by atoms with Crippen LogP contribution in [-0.2, 0) is 14.4 Å². The van der Waals surface area contributed by atoms with Gasteiger partial charge in [-0.25, -0.2) is 0 Å². The number of carbonyl (C=O) groups is 3. The van der Waals surface area contributed by atoms with Gasteiger partial charge in [0.1, 0.15) is 0 Å². The molecule has 0 aromatic heterocycles. The van der Waals surface area contributed by atoms with Crippen LogP contribution in [0, 0.1) is 5.92 Å². The topological polar surface area (TPSA) is 86.7 Å². The normalized spacial score (nSPS) is 19.1. The van der Waals surface area contributed by atoms with Gasteiger partial charge < -0.3 is 15.3 Å². The molecule has 0 bridgehead atoms. The van der Waals surface area contributed by atoms with Crippen molar-refractivity contribution in [3.8, 4) is 0 Å². The van der Waals surface area contributed by atoms with E-state index in [4.69, 9.17) is 5.11 Å². The molecule has 0 radical (unpaired) electrons. The number of nitrogens with zero attached hydrogens (tertiary/aromatic N) is 1. The molecule has 1 fully saturated rings. The molecule has 1 heterocycles. The Kier molecular flexibility index (Phi) is 5.18. The third-order valence-electron chi connectivity index (χ3n) is 3.66. The Morgan fingerprint density at radius 1 is 1.50 bits per heavy atom. The first-order valence-electron chi connectivity index (χ1n) is 6.88. The molecule has 2 N–H and O–H groups in total. The Morgan fingerprint density at radius 2 is 2.23 bits per heavy atom. The van der Waals surface area contributed by atoms with Crippen molar-refractivity contribution in [3.05, 3.63) is 34.3 Å². The van der Waals surface area contributed by atoms with E-state index in [9.17, 15) is 14.4 Å². The number of nitrogens with one attached hydrogen (secondary N) is 1. The largest absolute Gasteiger partial charge is 0.481 e. The number of carboxylic acid groups (broad SMARTS) is 1. The van der Waals surface area contributed by atoms with Gasteiger partial charge in [-0.05, 0) is 17.7 Å². The lowest BCUT2D eigenvalue weighted by atomic mass is 10.0. The van der Waals surface area contributed by atoms with E-state index in [1.54, 1.807) is 25.2 Å². The van der Waals surface area contributed by atoms with Crippen molar-refractivity contribution in [1.29, 1.82) is 0 Å². The van der Waals surface area contributed by atoms with Crippen molar-refractivity contribution in [1.82, 2.24) is 10.2 Å². The van der Waals surface area contributed by atoms with Crippen molar-refractivity contribution in [2.45, 2.75) is 18.9 Å². The van der Waals surface area contributed by atoms with Crippen LogP contribution in [0.25, 0.3) is 0 Å². The van der Waals surface area contributed by atoms with E-state index < -0.39 is 17.9 Å². The average Bonchev–Trinajstić information content (AvgIpc) is 2.77. The van der Waals surface area contributed by atoms with Gasteiger partial charge >= 0.3 is 5.97 Å². The van der Waals surface area contributed by atoms with Gasteiger partial charge in [0.15, 0.2) is 0 Å². The van der Waals surface area contributed by atoms with Gasteiger partial charge in [-0.15, -0.1) is 0 Å². The van der Waals surface area contributed by atoms with Crippen LogP contribution in [-0.4, -0.2) is 41.4 Å².